The van der Waals surface area contributed by atoms with Crippen LogP contribution in [-0.2, 0) is 12.8 Å². The fourth-order valence-electron chi connectivity index (χ4n) is 4.03. The first-order valence-corrected chi connectivity index (χ1v) is 9.05. The third-order valence-corrected chi connectivity index (χ3v) is 5.42. The van der Waals surface area contributed by atoms with Crippen molar-refractivity contribution in [3.8, 4) is 0 Å². The third-order valence-electron chi connectivity index (χ3n) is 5.42. The number of anilines is 1. The molecule has 128 valence electrons. The summed E-state index contributed by atoms with van der Waals surface area (Å²) in [7, 11) is 0. The number of hydrogen-bond acceptors (Lipinski definition) is 6. The molecule has 3 aromatic heterocycles. The highest BCUT2D eigenvalue weighted by Gasteiger charge is 2.26. The van der Waals surface area contributed by atoms with Crippen LogP contribution in [0.1, 0.15) is 48.0 Å². The molecule has 4 heterocycles. The summed E-state index contributed by atoms with van der Waals surface area (Å²) in [5, 5.41) is 13.7. The fraction of sp³-hybridized carbons (Fsp3) is 0.500. The number of hydrogen-bond donors (Lipinski definition) is 0. The van der Waals surface area contributed by atoms with Crippen molar-refractivity contribution in [2.24, 2.45) is 0 Å². The minimum atomic E-state index is 0.404. The molecule has 0 radical (unpaired) electrons. The summed E-state index contributed by atoms with van der Waals surface area (Å²) >= 11 is 0. The van der Waals surface area contributed by atoms with Crippen LogP contribution >= 0.6 is 0 Å². The molecule has 3 aromatic rings. The van der Waals surface area contributed by atoms with Gasteiger partial charge in [0, 0.05) is 30.8 Å². The number of rotatable bonds is 2. The van der Waals surface area contributed by atoms with Gasteiger partial charge in [-0.25, -0.2) is 9.97 Å². The van der Waals surface area contributed by atoms with E-state index in [1.807, 2.05) is 11.4 Å². The molecule has 2 aliphatic rings. The van der Waals surface area contributed by atoms with E-state index in [1.165, 1.54) is 17.7 Å². The van der Waals surface area contributed by atoms with Crippen LogP contribution in [0.15, 0.2) is 18.5 Å². The smallest absolute Gasteiger partial charge is 0.178 e. The summed E-state index contributed by atoms with van der Waals surface area (Å²) < 4.78 is 1.99. The standard InChI is InChI=1S/C18H21N7/c1-12-9-16(20-11-19-12)24-7-5-13(6-8-24)18-22-21-17-10-14-3-2-4-15(14)23-25(17)18/h9-11,13H,2-8H2,1H3. The molecule has 7 heteroatoms. The Morgan fingerprint density at radius 2 is 1.92 bits per heavy atom. The Bertz CT molecular complexity index is 924. The highest BCUT2D eigenvalue weighted by atomic mass is 15.4. The molecule has 0 aromatic carbocycles. The van der Waals surface area contributed by atoms with E-state index < -0.39 is 0 Å². The maximum Gasteiger partial charge on any atom is 0.178 e. The molecule has 1 saturated heterocycles. The van der Waals surface area contributed by atoms with Crippen LogP contribution in [-0.4, -0.2) is 42.9 Å². The first kappa shape index (κ1) is 14.7. The first-order valence-electron chi connectivity index (χ1n) is 9.05. The van der Waals surface area contributed by atoms with Crippen molar-refractivity contribution in [2.75, 3.05) is 18.0 Å². The average Bonchev–Trinajstić information content (AvgIpc) is 3.26. The van der Waals surface area contributed by atoms with Crippen LogP contribution < -0.4 is 4.90 Å². The van der Waals surface area contributed by atoms with Crippen LogP contribution in [0.4, 0.5) is 5.82 Å². The molecule has 0 N–H and O–H groups in total. The summed E-state index contributed by atoms with van der Waals surface area (Å²) in [5.41, 5.74) is 4.47. The van der Waals surface area contributed by atoms with Gasteiger partial charge in [-0.2, -0.15) is 9.61 Å². The second kappa shape index (κ2) is 5.75. The van der Waals surface area contributed by atoms with Crippen LogP contribution in [0.25, 0.3) is 5.65 Å². The molecule has 1 fully saturated rings. The molecule has 0 bridgehead atoms. The van der Waals surface area contributed by atoms with Crippen molar-refractivity contribution < 1.29 is 0 Å². The molecule has 0 unspecified atom stereocenters. The van der Waals surface area contributed by atoms with Gasteiger partial charge in [0.2, 0.25) is 0 Å². The third kappa shape index (κ3) is 2.54. The lowest BCUT2D eigenvalue weighted by atomic mass is 9.96. The molecule has 0 atom stereocenters. The molecule has 0 saturated carbocycles. The van der Waals surface area contributed by atoms with Crippen molar-refractivity contribution in [3.63, 3.8) is 0 Å². The van der Waals surface area contributed by atoms with Crippen molar-refractivity contribution in [2.45, 2.75) is 44.9 Å². The zero-order chi connectivity index (χ0) is 16.8. The SMILES string of the molecule is Cc1cc(N2CCC(c3nnc4cc5c(nn34)CCC5)CC2)ncn1. The predicted molar refractivity (Wildman–Crippen MR) is 93.8 cm³/mol. The first-order chi connectivity index (χ1) is 12.3. The number of piperidine rings is 1. The fourth-order valence-corrected chi connectivity index (χ4v) is 4.03. The summed E-state index contributed by atoms with van der Waals surface area (Å²) in [4.78, 5) is 10.9. The van der Waals surface area contributed by atoms with Gasteiger partial charge in [0.25, 0.3) is 0 Å². The summed E-state index contributed by atoms with van der Waals surface area (Å²) in [6, 6.07) is 4.22. The number of fused-ring (bicyclic) bond motifs is 2. The molecule has 25 heavy (non-hydrogen) atoms. The zero-order valence-corrected chi connectivity index (χ0v) is 14.4. The molecule has 7 nitrogen and oxygen atoms in total. The maximum atomic E-state index is 4.84. The van der Waals surface area contributed by atoms with Crippen molar-refractivity contribution in [3.05, 3.63) is 41.2 Å². The molecule has 5 rings (SSSR count). The van der Waals surface area contributed by atoms with E-state index >= 15 is 0 Å². The van der Waals surface area contributed by atoms with E-state index in [4.69, 9.17) is 5.10 Å². The zero-order valence-electron chi connectivity index (χ0n) is 14.4. The number of aromatic nitrogens is 6. The molecular weight excluding hydrogens is 314 g/mol. The highest BCUT2D eigenvalue weighted by molar-refractivity contribution is 5.43. The van der Waals surface area contributed by atoms with Crippen LogP contribution in [0.5, 0.6) is 0 Å². The topological polar surface area (TPSA) is 72.1 Å². The Balaban J connectivity index is 1.38. The van der Waals surface area contributed by atoms with E-state index in [0.717, 1.165) is 61.8 Å². The van der Waals surface area contributed by atoms with Gasteiger partial charge in [0.1, 0.15) is 12.1 Å². The maximum absolute atomic E-state index is 4.84. The Morgan fingerprint density at radius 1 is 1.04 bits per heavy atom. The van der Waals surface area contributed by atoms with E-state index in [1.54, 1.807) is 6.33 Å². The number of aryl methyl sites for hydroxylation is 3. The lowest BCUT2D eigenvalue weighted by Crippen LogP contribution is -2.34. The average molecular weight is 335 g/mol. The van der Waals surface area contributed by atoms with Gasteiger partial charge in [0.05, 0.1) is 5.69 Å². The molecular formula is C18H21N7. The van der Waals surface area contributed by atoms with E-state index in [0.29, 0.717) is 5.92 Å². The minimum Gasteiger partial charge on any atom is -0.356 e. The summed E-state index contributed by atoms with van der Waals surface area (Å²) in [6.07, 6.45) is 7.14. The second-order valence-corrected chi connectivity index (χ2v) is 7.08. The van der Waals surface area contributed by atoms with Gasteiger partial charge in [-0.15, -0.1) is 10.2 Å². The van der Waals surface area contributed by atoms with Gasteiger partial charge in [-0.1, -0.05) is 0 Å². The largest absolute Gasteiger partial charge is 0.356 e. The minimum absolute atomic E-state index is 0.404. The van der Waals surface area contributed by atoms with Crippen LogP contribution in [0, 0.1) is 6.92 Å². The Hall–Kier alpha value is -2.57. The normalized spacial score (nSPS) is 18.0. The van der Waals surface area contributed by atoms with E-state index in [9.17, 15) is 0 Å². The van der Waals surface area contributed by atoms with Crippen LogP contribution in [0.2, 0.25) is 0 Å². The van der Waals surface area contributed by atoms with Gasteiger partial charge in [0.15, 0.2) is 11.5 Å². The van der Waals surface area contributed by atoms with Crippen LogP contribution in [0.3, 0.4) is 0 Å². The molecule has 0 spiro atoms. The lowest BCUT2D eigenvalue weighted by Gasteiger charge is -2.31. The Kier molecular flexibility index (Phi) is 3.39. The molecule has 0 amide bonds. The van der Waals surface area contributed by atoms with Crippen molar-refractivity contribution in [1.82, 2.24) is 29.8 Å². The Labute approximate surface area is 146 Å². The highest BCUT2D eigenvalue weighted by Crippen LogP contribution is 2.30. The van der Waals surface area contributed by atoms with Crippen molar-refractivity contribution in [1.29, 1.82) is 0 Å². The monoisotopic (exact) mass is 335 g/mol. The van der Waals surface area contributed by atoms with Gasteiger partial charge >= 0.3 is 0 Å². The summed E-state index contributed by atoms with van der Waals surface area (Å²) in [5.74, 6) is 2.44. The lowest BCUT2D eigenvalue weighted by molar-refractivity contribution is 0.474. The van der Waals surface area contributed by atoms with E-state index in [2.05, 4.69) is 37.2 Å². The van der Waals surface area contributed by atoms with E-state index in [-0.39, 0.29) is 0 Å². The Morgan fingerprint density at radius 3 is 2.76 bits per heavy atom. The van der Waals surface area contributed by atoms with Gasteiger partial charge < -0.3 is 4.90 Å². The molecule has 1 aliphatic carbocycles. The number of nitrogens with zero attached hydrogens (tertiary/aromatic N) is 7. The predicted octanol–water partition coefficient (Wildman–Crippen LogP) is 2.10. The van der Waals surface area contributed by atoms with Gasteiger partial charge in [-0.05, 0) is 50.7 Å². The molecule has 1 aliphatic heterocycles. The summed E-state index contributed by atoms with van der Waals surface area (Å²) in [6.45, 7) is 3.95. The van der Waals surface area contributed by atoms with Crippen molar-refractivity contribution >= 4 is 11.5 Å². The quantitative estimate of drug-likeness (QED) is 0.714. The van der Waals surface area contributed by atoms with Gasteiger partial charge in [-0.3, -0.25) is 0 Å². The second-order valence-electron chi connectivity index (χ2n) is 7.08.